The van der Waals surface area contributed by atoms with E-state index in [2.05, 4.69) is 94.4 Å². The van der Waals surface area contributed by atoms with Gasteiger partial charge in [-0.3, -0.25) is 14.7 Å². The lowest BCUT2D eigenvalue weighted by molar-refractivity contribution is -0.116. The van der Waals surface area contributed by atoms with Gasteiger partial charge in [0.25, 0.3) is 5.91 Å². The van der Waals surface area contributed by atoms with Crippen LogP contribution >= 0.6 is 0 Å². The van der Waals surface area contributed by atoms with E-state index < -0.39 is 6.23 Å². The Kier molecular flexibility index (Phi) is 11.3. The summed E-state index contributed by atoms with van der Waals surface area (Å²) in [4.78, 5) is 20.5. The number of anilines is 1. The second-order valence-corrected chi connectivity index (χ2v) is 13.8. The molecule has 2 heterocycles. The highest BCUT2D eigenvalue weighted by atomic mass is 16.3. The van der Waals surface area contributed by atoms with E-state index in [4.69, 9.17) is 6.58 Å². The van der Waals surface area contributed by atoms with Crippen molar-refractivity contribution in [2.24, 2.45) is 23.7 Å². The zero-order valence-corrected chi connectivity index (χ0v) is 29.4. The van der Waals surface area contributed by atoms with Crippen molar-refractivity contribution in [1.29, 1.82) is 0 Å². The molecular weight excluding hydrogens is 576 g/mol. The fraction of sp³-hybridized carbons (Fsp3) is 0.442. The number of pyridine rings is 1. The van der Waals surface area contributed by atoms with Crippen LogP contribution in [0.3, 0.4) is 0 Å². The second kappa shape index (κ2) is 15.4. The van der Waals surface area contributed by atoms with Gasteiger partial charge in [-0.05, 0) is 126 Å². The molecule has 1 aliphatic heterocycles. The molecule has 2 aromatic rings. The number of aliphatic hydroxyl groups excluding tert-OH is 1. The number of hydrogen-bond acceptors (Lipinski definition) is 3. The Hall–Kier alpha value is -3.76. The smallest absolute Gasteiger partial charge is 0.260 e. The van der Waals surface area contributed by atoms with Crippen molar-refractivity contribution in [2.75, 3.05) is 4.90 Å². The monoisotopic (exact) mass is 630 g/mol. The summed E-state index contributed by atoms with van der Waals surface area (Å²) in [6.07, 6.45) is 22.4. The summed E-state index contributed by atoms with van der Waals surface area (Å²) in [5.74, 6) is 1.64. The van der Waals surface area contributed by atoms with Gasteiger partial charge in [-0.1, -0.05) is 103 Å². The first-order valence-electron chi connectivity index (χ1n) is 17.9. The van der Waals surface area contributed by atoms with Crippen LogP contribution in [0.2, 0.25) is 0 Å². The van der Waals surface area contributed by atoms with Gasteiger partial charge in [-0.2, -0.15) is 0 Å². The van der Waals surface area contributed by atoms with E-state index in [1.54, 1.807) is 4.90 Å². The summed E-state index contributed by atoms with van der Waals surface area (Å²) >= 11 is 0. The average Bonchev–Trinajstić information content (AvgIpc) is 3.31. The predicted octanol–water partition coefficient (Wildman–Crippen LogP) is 10.3. The third-order valence-corrected chi connectivity index (χ3v) is 10.8. The van der Waals surface area contributed by atoms with Crippen molar-refractivity contribution in [3.8, 4) is 0 Å². The fourth-order valence-electron chi connectivity index (χ4n) is 8.72. The van der Waals surface area contributed by atoms with Crippen molar-refractivity contribution in [1.82, 2.24) is 4.98 Å². The first-order valence-corrected chi connectivity index (χ1v) is 17.9. The number of aryl methyl sites for hydroxylation is 1. The van der Waals surface area contributed by atoms with Gasteiger partial charge in [0.2, 0.25) is 0 Å². The maximum atomic E-state index is 14.4. The van der Waals surface area contributed by atoms with E-state index in [-0.39, 0.29) is 11.8 Å². The van der Waals surface area contributed by atoms with E-state index in [1.165, 1.54) is 11.1 Å². The van der Waals surface area contributed by atoms with Gasteiger partial charge in [0.15, 0.2) is 6.23 Å². The van der Waals surface area contributed by atoms with E-state index in [0.29, 0.717) is 35.7 Å². The highest BCUT2D eigenvalue weighted by Gasteiger charge is 2.42. The molecule has 47 heavy (non-hydrogen) atoms. The molecule has 1 aromatic heterocycles. The zero-order valence-electron chi connectivity index (χ0n) is 29.4. The maximum Gasteiger partial charge on any atom is 0.260 e. The minimum Gasteiger partial charge on any atom is -0.369 e. The van der Waals surface area contributed by atoms with Crippen molar-refractivity contribution in [3.63, 3.8) is 0 Å². The number of nitrogens with zero attached hydrogens (tertiary/aromatic N) is 2. The number of amides is 1. The van der Waals surface area contributed by atoms with Crippen LogP contribution < -0.4 is 4.90 Å². The number of benzene rings is 1. The molecule has 0 saturated heterocycles. The van der Waals surface area contributed by atoms with Gasteiger partial charge >= 0.3 is 0 Å². The lowest BCUT2D eigenvalue weighted by Gasteiger charge is -2.42. The standard InChI is InChI=1S/C43H54N2O2/c1-8-17-38(34(9-2)32-20-16-25-44-27-32)35(10-3)40(28(5)6)29(7)37-21-14-15-22-39-41(37)36(11-4)42(46)45(43(39)47)33-24-23-30-18-12-13-19-31(30)26-33/h11,13-16,19-21,23-28,34-35,38,40,43,47H,7-10,12,17-18,22H2,1-6H3/b36-11+. The number of hydrogen-bond donors (Lipinski definition) is 1. The number of rotatable bonds is 12. The molecule has 1 aromatic carbocycles. The molecule has 2 aliphatic carbocycles. The Morgan fingerprint density at radius 1 is 1.13 bits per heavy atom. The lowest BCUT2D eigenvalue weighted by Crippen LogP contribution is -2.47. The minimum absolute atomic E-state index is 0.168. The minimum atomic E-state index is -1.06. The molecule has 0 saturated carbocycles. The quantitative estimate of drug-likeness (QED) is 0.237. The summed E-state index contributed by atoms with van der Waals surface area (Å²) in [6.45, 7) is 18.4. The summed E-state index contributed by atoms with van der Waals surface area (Å²) in [5, 5.41) is 12.0. The van der Waals surface area contributed by atoms with Crippen LogP contribution in [0.15, 0.2) is 108 Å². The van der Waals surface area contributed by atoms with Gasteiger partial charge in [0, 0.05) is 23.7 Å². The van der Waals surface area contributed by atoms with Crippen LogP contribution in [0.5, 0.6) is 0 Å². The number of carbonyl (C=O) groups excluding carboxylic acids is 1. The Morgan fingerprint density at radius 2 is 1.94 bits per heavy atom. The number of allylic oxidation sites excluding steroid dienone is 7. The molecule has 3 aliphatic rings. The predicted molar refractivity (Wildman–Crippen MR) is 197 cm³/mol. The van der Waals surface area contributed by atoms with Crippen molar-refractivity contribution in [3.05, 3.63) is 124 Å². The molecule has 5 atom stereocenters. The molecule has 0 spiro atoms. The third-order valence-electron chi connectivity index (χ3n) is 10.8. The van der Waals surface area contributed by atoms with Crippen LogP contribution in [0.1, 0.15) is 103 Å². The topological polar surface area (TPSA) is 53.4 Å². The molecule has 5 unspecified atom stereocenters. The summed E-state index contributed by atoms with van der Waals surface area (Å²) < 4.78 is 0. The van der Waals surface area contributed by atoms with E-state index >= 15 is 0 Å². The van der Waals surface area contributed by atoms with E-state index in [1.807, 2.05) is 31.3 Å². The Morgan fingerprint density at radius 3 is 2.60 bits per heavy atom. The van der Waals surface area contributed by atoms with E-state index in [9.17, 15) is 9.90 Å². The van der Waals surface area contributed by atoms with Gasteiger partial charge in [-0.25, -0.2) is 0 Å². The number of carbonyl (C=O) groups is 1. The van der Waals surface area contributed by atoms with Crippen molar-refractivity contribution >= 4 is 17.7 Å². The zero-order chi connectivity index (χ0) is 33.7. The van der Waals surface area contributed by atoms with Crippen LogP contribution in [0.25, 0.3) is 6.08 Å². The van der Waals surface area contributed by atoms with Gasteiger partial charge in [0.05, 0.1) is 0 Å². The Bertz CT molecular complexity index is 1610. The molecule has 1 amide bonds. The normalized spacial score (nSPS) is 21.2. The van der Waals surface area contributed by atoms with Crippen molar-refractivity contribution in [2.45, 2.75) is 98.6 Å². The number of aromatic nitrogens is 1. The highest BCUT2D eigenvalue weighted by molar-refractivity contribution is 6.12. The van der Waals surface area contributed by atoms with Crippen LogP contribution in [-0.4, -0.2) is 22.2 Å². The first-order chi connectivity index (χ1) is 22.8. The molecule has 4 nitrogen and oxygen atoms in total. The van der Waals surface area contributed by atoms with Crippen molar-refractivity contribution < 1.29 is 9.90 Å². The highest BCUT2D eigenvalue weighted by Crippen LogP contribution is 2.49. The lowest BCUT2D eigenvalue weighted by atomic mass is 9.63. The molecule has 5 rings (SSSR count). The largest absolute Gasteiger partial charge is 0.369 e. The number of aliphatic hydroxyl groups is 1. The summed E-state index contributed by atoms with van der Waals surface area (Å²) in [5.41, 5.74) is 8.86. The van der Waals surface area contributed by atoms with Gasteiger partial charge in [-0.15, -0.1) is 0 Å². The first kappa shape index (κ1) is 34.6. The maximum absolute atomic E-state index is 14.4. The summed E-state index contributed by atoms with van der Waals surface area (Å²) in [6, 6.07) is 10.4. The third kappa shape index (κ3) is 6.81. The Labute approximate surface area is 283 Å². The van der Waals surface area contributed by atoms with Crippen LogP contribution in [0.4, 0.5) is 5.69 Å². The summed E-state index contributed by atoms with van der Waals surface area (Å²) in [7, 11) is 0. The van der Waals surface area contributed by atoms with Crippen LogP contribution in [-0.2, 0) is 11.2 Å². The molecule has 248 valence electrons. The molecule has 1 N–H and O–H groups in total. The van der Waals surface area contributed by atoms with E-state index in [0.717, 1.165) is 72.1 Å². The second-order valence-electron chi connectivity index (χ2n) is 13.8. The molecule has 4 heteroatoms. The van der Waals surface area contributed by atoms with Crippen LogP contribution in [0, 0.1) is 23.7 Å². The number of fused-ring (bicyclic) bond motifs is 1. The fourth-order valence-corrected chi connectivity index (χ4v) is 8.72. The molecule has 0 bridgehead atoms. The van der Waals surface area contributed by atoms with Gasteiger partial charge < -0.3 is 5.11 Å². The molecular formula is C43H54N2O2. The average molecular weight is 631 g/mol. The van der Waals surface area contributed by atoms with Gasteiger partial charge in [0.1, 0.15) is 0 Å². The SMILES string of the molecule is C=C(C1=CC=CCC2=C1/C(=C\C)C(=O)N(c1ccc3c(c1)C=CCC3)C2O)C(C(C)C)C(CC)C(CCC)C(CC)c1cccnc1. The Balaban J connectivity index is 1.57. The molecule has 0 radical (unpaired) electrons. The molecule has 0 fully saturated rings.